The summed E-state index contributed by atoms with van der Waals surface area (Å²) in [4.78, 5) is 27.3. The van der Waals surface area contributed by atoms with Crippen molar-refractivity contribution in [3.05, 3.63) is 65.2 Å². The molecule has 28 heavy (non-hydrogen) atoms. The van der Waals surface area contributed by atoms with Gasteiger partial charge in [0.05, 0.1) is 13.5 Å². The standard InChI is InChI=1S/C23H30N2O3/c1-16(2)24-23(27)18(4)25(15-20-8-6-7-17(3)13-20)22(26)14-19-9-11-21(28-5)12-10-19/h6-13,16,18H,14-15H2,1-5H3,(H,24,27)/t18-/m1/s1. The number of carbonyl (C=O) groups is 2. The van der Waals surface area contributed by atoms with E-state index in [2.05, 4.69) is 5.32 Å². The molecule has 0 spiro atoms. The quantitative estimate of drug-likeness (QED) is 0.760. The van der Waals surface area contributed by atoms with Crippen molar-refractivity contribution in [1.82, 2.24) is 10.2 Å². The van der Waals surface area contributed by atoms with Crippen LogP contribution in [-0.2, 0) is 22.6 Å². The molecule has 1 atom stereocenters. The Kier molecular flexibility index (Phi) is 7.61. The molecule has 1 N–H and O–H groups in total. The maximum Gasteiger partial charge on any atom is 0.242 e. The number of hydrogen-bond donors (Lipinski definition) is 1. The zero-order chi connectivity index (χ0) is 20.7. The topological polar surface area (TPSA) is 58.6 Å². The average Bonchev–Trinajstić information content (AvgIpc) is 2.65. The number of hydrogen-bond acceptors (Lipinski definition) is 3. The molecule has 0 unspecified atom stereocenters. The molecule has 0 aliphatic carbocycles. The zero-order valence-electron chi connectivity index (χ0n) is 17.4. The molecule has 2 aromatic carbocycles. The molecule has 0 aliphatic rings. The highest BCUT2D eigenvalue weighted by Crippen LogP contribution is 2.16. The molecule has 2 amide bonds. The number of nitrogens with one attached hydrogen (secondary N) is 1. The lowest BCUT2D eigenvalue weighted by molar-refractivity contribution is -0.140. The summed E-state index contributed by atoms with van der Waals surface area (Å²) in [5.74, 6) is 0.515. The van der Waals surface area contributed by atoms with Crippen molar-refractivity contribution in [2.24, 2.45) is 0 Å². The summed E-state index contributed by atoms with van der Waals surface area (Å²) >= 11 is 0. The van der Waals surface area contributed by atoms with Crippen molar-refractivity contribution in [3.8, 4) is 5.75 Å². The van der Waals surface area contributed by atoms with Crippen LogP contribution in [0.3, 0.4) is 0 Å². The van der Waals surface area contributed by atoms with E-state index in [0.717, 1.165) is 22.4 Å². The predicted octanol–water partition coefficient (Wildman–Crippen LogP) is 3.49. The van der Waals surface area contributed by atoms with Crippen LogP contribution in [0.2, 0.25) is 0 Å². The Morgan fingerprint density at radius 2 is 1.71 bits per heavy atom. The van der Waals surface area contributed by atoms with Crippen LogP contribution in [0.5, 0.6) is 5.75 Å². The summed E-state index contributed by atoms with van der Waals surface area (Å²) in [6, 6.07) is 14.9. The molecule has 5 heteroatoms. The molecule has 0 heterocycles. The SMILES string of the molecule is COc1ccc(CC(=O)N(Cc2cccc(C)c2)[C@H](C)C(=O)NC(C)C)cc1. The summed E-state index contributed by atoms with van der Waals surface area (Å²) < 4.78 is 5.17. The molecule has 0 saturated heterocycles. The van der Waals surface area contributed by atoms with E-state index in [1.807, 2.05) is 69.3 Å². The van der Waals surface area contributed by atoms with Gasteiger partial charge in [0.15, 0.2) is 0 Å². The summed E-state index contributed by atoms with van der Waals surface area (Å²) in [6.45, 7) is 8.01. The number of nitrogens with zero attached hydrogens (tertiary/aromatic N) is 1. The van der Waals surface area contributed by atoms with Crippen molar-refractivity contribution in [1.29, 1.82) is 0 Å². The highest BCUT2D eigenvalue weighted by Gasteiger charge is 2.26. The monoisotopic (exact) mass is 382 g/mol. The molecule has 0 saturated carbocycles. The second-order valence-electron chi connectivity index (χ2n) is 7.37. The fourth-order valence-corrected chi connectivity index (χ4v) is 3.01. The number of aryl methyl sites for hydroxylation is 1. The Morgan fingerprint density at radius 3 is 2.29 bits per heavy atom. The minimum atomic E-state index is -0.561. The van der Waals surface area contributed by atoms with Gasteiger partial charge in [-0.1, -0.05) is 42.0 Å². The van der Waals surface area contributed by atoms with Gasteiger partial charge in [0.2, 0.25) is 11.8 Å². The second kappa shape index (κ2) is 9.93. The third-order valence-electron chi connectivity index (χ3n) is 4.55. The van der Waals surface area contributed by atoms with Gasteiger partial charge in [0.25, 0.3) is 0 Å². The lowest BCUT2D eigenvalue weighted by Gasteiger charge is -2.29. The first-order chi connectivity index (χ1) is 13.3. The van der Waals surface area contributed by atoms with E-state index in [4.69, 9.17) is 4.74 Å². The lowest BCUT2D eigenvalue weighted by Crippen LogP contribution is -2.49. The van der Waals surface area contributed by atoms with Gasteiger partial charge in [-0.2, -0.15) is 0 Å². The first-order valence-electron chi connectivity index (χ1n) is 9.58. The number of rotatable bonds is 8. The molecule has 0 bridgehead atoms. The van der Waals surface area contributed by atoms with Crippen LogP contribution in [0.25, 0.3) is 0 Å². The van der Waals surface area contributed by atoms with Crippen LogP contribution in [0.1, 0.15) is 37.5 Å². The van der Waals surface area contributed by atoms with Gasteiger partial charge in [0.1, 0.15) is 11.8 Å². The fraction of sp³-hybridized carbons (Fsp3) is 0.391. The van der Waals surface area contributed by atoms with Gasteiger partial charge in [-0.3, -0.25) is 9.59 Å². The van der Waals surface area contributed by atoms with Gasteiger partial charge in [-0.05, 0) is 51.0 Å². The maximum atomic E-state index is 13.1. The normalized spacial score (nSPS) is 11.8. The molecule has 150 valence electrons. The van der Waals surface area contributed by atoms with Crippen molar-refractivity contribution in [2.45, 2.75) is 52.7 Å². The first kappa shape index (κ1) is 21.5. The van der Waals surface area contributed by atoms with E-state index in [1.165, 1.54) is 0 Å². The average molecular weight is 383 g/mol. The maximum absolute atomic E-state index is 13.1. The highest BCUT2D eigenvalue weighted by atomic mass is 16.5. The third-order valence-corrected chi connectivity index (χ3v) is 4.55. The van der Waals surface area contributed by atoms with Crippen molar-refractivity contribution in [3.63, 3.8) is 0 Å². The van der Waals surface area contributed by atoms with Gasteiger partial charge in [0, 0.05) is 12.6 Å². The zero-order valence-corrected chi connectivity index (χ0v) is 17.4. The van der Waals surface area contributed by atoms with Crippen molar-refractivity contribution < 1.29 is 14.3 Å². The summed E-state index contributed by atoms with van der Waals surface area (Å²) in [5, 5.41) is 2.90. The Bertz CT molecular complexity index is 800. The minimum absolute atomic E-state index is 0.0208. The van der Waals surface area contributed by atoms with E-state index in [0.29, 0.717) is 6.54 Å². The summed E-state index contributed by atoms with van der Waals surface area (Å²) in [7, 11) is 1.61. The highest BCUT2D eigenvalue weighted by molar-refractivity contribution is 5.88. The largest absolute Gasteiger partial charge is 0.497 e. The van der Waals surface area contributed by atoms with Crippen LogP contribution >= 0.6 is 0 Å². The minimum Gasteiger partial charge on any atom is -0.497 e. The van der Waals surface area contributed by atoms with Crippen LogP contribution < -0.4 is 10.1 Å². The Hall–Kier alpha value is -2.82. The summed E-state index contributed by atoms with van der Waals surface area (Å²) in [5.41, 5.74) is 3.02. The van der Waals surface area contributed by atoms with Crippen molar-refractivity contribution >= 4 is 11.8 Å². The molecule has 2 rings (SSSR count). The molecule has 0 fully saturated rings. The molecule has 5 nitrogen and oxygen atoms in total. The van der Waals surface area contributed by atoms with Gasteiger partial charge < -0.3 is 15.0 Å². The number of carbonyl (C=O) groups excluding carboxylic acids is 2. The van der Waals surface area contributed by atoms with Crippen molar-refractivity contribution in [2.75, 3.05) is 7.11 Å². The van der Waals surface area contributed by atoms with Crippen LogP contribution in [0.15, 0.2) is 48.5 Å². The predicted molar refractivity (Wildman–Crippen MR) is 111 cm³/mol. The van der Waals surface area contributed by atoms with Crippen LogP contribution in [0.4, 0.5) is 0 Å². The van der Waals surface area contributed by atoms with Crippen LogP contribution in [-0.4, -0.2) is 35.9 Å². The molecule has 0 aromatic heterocycles. The Labute approximate surface area is 167 Å². The molecular formula is C23H30N2O3. The number of methoxy groups -OCH3 is 1. The van der Waals surface area contributed by atoms with E-state index in [1.54, 1.807) is 18.9 Å². The third kappa shape index (κ3) is 6.12. The van der Waals surface area contributed by atoms with E-state index in [9.17, 15) is 9.59 Å². The van der Waals surface area contributed by atoms with E-state index >= 15 is 0 Å². The fourth-order valence-electron chi connectivity index (χ4n) is 3.01. The van der Waals surface area contributed by atoms with E-state index < -0.39 is 6.04 Å². The van der Waals surface area contributed by atoms with E-state index in [-0.39, 0.29) is 24.3 Å². The molecule has 2 aromatic rings. The summed E-state index contributed by atoms with van der Waals surface area (Å²) in [6.07, 6.45) is 0.231. The Morgan fingerprint density at radius 1 is 1.04 bits per heavy atom. The van der Waals surface area contributed by atoms with Gasteiger partial charge in [-0.15, -0.1) is 0 Å². The smallest absolute Gasteiger partial charge is 0.242 e. The number of ether oxygens (including phenoxy) is 1. The van der Waals surface area contributed by atoms with Gasteiger partial charge in [-0.25, -0.2) is 0 Å². The first-order valence-corrected chi connectivity index (χ1v) is 9.58. The lowest BCUT2D eigenvalue weighted by atomic mass is 10.1. The Balaban J connectivity index is 2.22. The van der Waals surface area contributed by atoms with Crippen LogP contribution in [0, 0.1) is 6.92 Å². The second-order valence-corrected chi connectivity index (χ2v) is 7.37. The molecule has 0 aliphatic heterocycles. The number of amides is 2. The number of benzene rings is 2. The molecular weight excluding hydrogens is 352 g/mol. The molecule has 0 radical (unpaired) electrons. The van der Waals surface area contributed by atoms with Gasteiger partial charge >= 0.3 is 0 Å².